The Hall–Kier alpha value is -1.44. The molecule has 2 aromatic carbocycles. The van der Waals surface area contributed by atoms with Crippen molar-refractivity contribution in [1.82, 2.24) is 0 Å². The van der Waals surface area contributed by atoms with E-state index in [2.05, 4.69) is 6.92 Å². The fourth-order valence-corrected chi connectivity index (χ4v) is 4.82. The lowest BCUT2D eigenvalue weighted by Crippen LogP contribution is -2.46. The fourth-order valence-electron chi connectivity index (χ4n) is 3.34. The van der Waals surface area contributed by atoms with Gasteiger partial charge in [-0.15, -0.1) is 11.8 Å². The van der Waals surface area contributed by atoms with Gasteiger partial charge in [-0.3, -0.25) is 0 Å². The molecular formula is C23H29ClO5S. The molecule has 1 saturated heterocycles. The molecule has 7 heteroatoms. The minimum atomic E-state index is -0.956. The van der Waals surface area contributed by atoms with Crippen molar-refractivity contribution in [1.29, 1.82) is 0 Å². The molecule has 0 amide bonds. The summed E-state index contributed by atoms with van der Waals surface area (Å²) in [6.45, 7) is 2.63. The van der Waals surface area contributed by atoms with E-state index >= 15 is 0 Å². The summed E-state index contributed by atoms with van der Waals surface area (Å²) in [6.07, 6.45) is 1.18. The van der Waals surface area contributed by atoms with Crippen LogP contribution in [0.5, 0.6) is 11.5 Å². The molecule has 0 bridgehead atoms. The highest BCUT2D eigenvalue weighted by molar-refractivity contribution is 8.00. The van der Waals surface area contributed by atoms with Crippen LogP contribution >= 0.6 is 23.4 Å². The van der Waals surface area contributed by atoms with Crippen molar-refractivity contribution >= 4 is 23.4 Å². The van der Waals surface area contributed by atoms with Crippen molar-refractivity contribution in [2.24, 2.45) is 0 Å². The fraction of sp³-hybridized carbons (Fsp3) is 0.478. The molecule has 0 aromatic heterocycles. The van der Waals surface area contributed by atoms with E-state index in [1.165, 1.54) is 11.8 Å². The molecule has 0 spiro atoms. The smallest absolute Gasteiger partial charge is 0.147 e. The summed E-state index contributed by atoms with van der Waals surface area (Å²) >= 11 is 7.56. The summed E-state index contributed by atoms with van der Waals surface area (Å²) in [5.74, 6) is 1.54. The zero-order valence-electron chi connectivity index (χ0n) is 17.0. The summed E-state index contributed by atoms with van der Waals surface area (Å²) < 4.78 is 11.9. The maximum atomic E-state index is 10.1. The topological polar surface area (TPSA) is 79.2 Å². The third-order valence-corrected chi connectivity index (χ3v) is 6.69. The van der Waals surface area contributed by atoms with Crippen molar-refractivity contribution in [3.63, 3.8) is 0 Å². The molecule has 3 N–H and O–H groups in total. The number of rotatable bonds is 9. The van der Waals surface area contributed by atoms with Crippen molar-refractivity contribution in [2.45, 2.75) is 55.5 Å². The summed E-state index contributed by atoms with van der Waals surface area (Å²) in [7, 11) is 0. The molecule has 1 fully saturated rings. The number of unbranched alkanes of at least 4 members (excludes halogenated alkanes) is 1. The standard InChI is InChI=1S/C23H29ClO5S/c1-2-3-10-28-18-7-4-15(5-8-18)11-16-12-17(24)6-9-20(16)29-22-13-19(26)23(27)21(14-25)30-22/h4-9,12,19,21-23,25-27H,2-3,10-11,13-14H2,1H3/t19-,21-,22-,23+/m1/s1. The lowest BCUT2D eigenvalue weighted by atomic mass is 10.0. The summed E-state index contributed by atoms with van der Waals surface area (Å²) in [5, 5.41) is 29.7. The Labute approximate surface area is 187 Å². The molecule has 0 saturated carbocycles. The zero-order valence-corrected chi connectivity index (χ0v) is 18.6. The second-order valence-corrected chi connectivity index (χ2v) is 9.31. The van der Waals surface area contributed by atoms with Crippen LogP contribution in [0.25, 0.3) is 0 Å². The molecule has 2 aromatic rings. The Morgan fingerprint density at radius 2 is 1.90 bits per heavy atom. The van der Waals surface area contributed by atoms with Crippen LogP contribution in [0.2, 0.25) is 5.02 Å². The number of hydrogen-bond donors (Lipinski definition) is 3. The number of benzene rings is 2. The van der Waals surface area contributed by atoms with E-state index in [0.717, 1.165) is 36.3 Å². The molecular weight excluding hydrogens is 424 g/mol. The Morgan fingerprint density at radius 3 is 2.60 bits per heavy atom. The van der Waals surface area contributed by atoms with Crippen molar-refractivity contribution in [3.05, 3.63) is 58.6 Å². The number of hydrogen-bond acceptors (Lipinski definition) is 6. The maximum Gasteiger partial charge on any atom is 0.147 e. The van der Waals surface area contributed by atoms with Crippen LogP contribution in [0.15, 0.2) is 42.5 Å². The van der Waals surface area contributed by atoms with Gasteiger partial charge in [-0.05, 0) is 42.3 Å². The minimum Gasteiger partial charge on any atom is -0.494 e. The Morgan fingerprint density at radius 1 is 1.13 bits per heavy atom. The average Bonchev–Trinajstić information content (AvgIpc) is 2.74. The van der Waals surface area contributed by atoms with Gasteiger partial charge >= 0.3 is 0 Å². The first-order valence-corrected chi connectivity index (χ1v) is 11.6. The molecule has 1 aliphatic rings. The van der Waals surface area contributed by atoms with Crippen LogP contribution in [0.3, 0.4) is 0 Å². The van der Waals surface area contributed by atoms with E-state index in [-0.39, 0.29) is 18.5 Å². The molecule has 0 radical (unpaired) electrons. The largest absolute Gasteiger partial charge is 0.494 e. The van der Waals surface area contributed by atoms with Crippen molar-refractivity contribution in [3.8, 4) is 11.5 Å². The first-order chi connectivity index (χ1) is 14.5. The van der Waals surface area contributed by atoms with E-state index in [1.807, 2.05) is 36.4 Å². The molecule has 0 unspecified atom stereocenters. The lowest BCUT2D eigenvalue weighted by Gasteiger charge is -2.35. The van der Waals surface area contributed by atoms with Crippen LogP contribution < -0.4 is 9.47 Å². The predicted octanol–water partition coefficient (Wildman–Crippen LogP) is 4.03. The van der Waals surface area contributed by atoms with Gasteiger partial charge < -0.3 is 24.8 Å². The summed E-state index contributed by atoms with van der Waals surface area (Å²) in [5.41, 5.74) is 1.67. The normalized spacial score (nSPS) is 23.9. The van der Waals surface area contributed by atoms with E-state index < -0.39 is 17.5 Å². The van der Waals surface area contributed by atoms with E-state index in [0.29, 0.717) is 17.2 Å². The molecule has 0 aliphatic carbocycles. The first kappa shape index (κ1) is 23.2. The Balaban J connectivity index is 1.69. The van der Waals surface area contributed by atoms with Gasteiger partial charge in [0.2, 0.25) is 0 Å². The molecule has 30 heavy (non-hydrogen) atoms. The van der Waals surface area contributed by atoms with Crippen LogP contribution in [0, 0.1) is 0 Å². The Kier molecular flexibility index (Phi) is 8.72. The van der Waals surface area contributed by atoms with Crippen LogP contribution in [-0.4, -0.2) is 51.4 Å². The highest BCUT2D eigenvalue weighted by atomic mass is 35.5. The van der Waals surface area contributed by atoms with Gasteiger partial charge in [-0.25, -0.2) is 0 Å². The first-order valence-electron chi connectivity index (χ1n) is 10.3. The molecule has 4 atom stereocenters. The quantitative estimate of drug-likeness (QED) is 0.498. The number of thioether (sulfide) groups is 1. The van der Waals surface area contributed by atoms with Crippen LogP contribution in [0.4, 0.5) is 0 Å². The van der Waals surface area contributed by atoms with Crippen molar-refractivity contribution < 1.29 is 24.8 Å². The number of halogens is 1. The van der Waals surface area contributed by atoms with Gasteiger partial charge in [0.05, 0.1) is 30.7 Å². The third kappa shape index (κ3) is 6.28. The van der Waals surface area contributed by atoms with Crippen LogP contribution in [0.1, 0.15) is 37.3 Å². The molecule has 1 aliphatic heterocycles. The van der Waals surface area contributed by atoms with Gasteiger partial charge in [-0.2, -0.15) is 0 Å². The highest BCUT2D eigenvalue weighted by Gasteiger charge is 2.37. The monoisotopic (exact) mass is 452 g/mol. The van der Waals surface area contributed by atoms with Gasteiger partial charge in [0.25, 0.3) is 0 Å². The average molecular weight is 453 g/mol. The summed E-state index contributed by atoms with van der Waals surface area (Å²) in [4.78, 5) is 0. The minimum absolute atomic E-state index is 0.219. The lowest BCUT2D eigenvalue weighted by molar-refractivity contribution is -0.0125. The van der Waals surface area contributed by atoms with Crippen LogP contribution in [-0.2, 0) is 6.42 Å². The zero-order chi connectivity index (χ0) is 21.5. The molecule has 1 heterocycles. The second kappa shape index (κ2) is 11.3. The van der Waals surface area contributed by atoms with Gasteiger partial charge in [0.1, 0.15) is 16.9 Å². The molecule has 3 rings (SSSR count). The number of ether oxygens (including phenoxy) is 2. The molecule has 5 nitrogen and oxygen atoms in total. The van der Waals surface area contributed by atoms with Gasteiger partial charge in [-0.1, -0.05) is 37.1 Å². The Bertz CT molecular complexity index is 801. The van der Waals surface area contributed by atoms with Crippen molar-refractivity contribution in [2.75, 3.05) is 13.2 Å². The predicted molar refractivity (Wildman–Crippen MR) is 121 cm³/mol. The maximum absolute atomic E-state index is 10.1. The third-order valence-electron chi connectivity index (χ3n) is 5.08. The number of aliphatic hydroxyl groups excluding tert-OH is 3. The van der Waals surface area contributed by atoms with E-state index in [1.54, 1.807) is 6.07 Å². The number of aliphatic hydroxyl groups is 3. The highest BCUT2D eigenvalue weighted by Crippen LogP contribution is 2.36. The van der Waals surface area contributed by atoms with Gasteiger partial charge in [0.15, 0.2) is 0 Å². The summed E-state index contributed by atoms with van der Waals surface area (Å²) in [6, 6.07) is 13.5. The molecule has 164 valence electrons. The van der Waals surface area contributed by atoms with E-state index in [4.69, 9.17) is 21.1 Å². The SMILES string of the molecule is CCCCOc1ccc(Cc2cc(Cl)ccc2O[C@H]2C[C@@H](O)[C@H](O)[C@@H](CO)S2)cc1. The van der Waals surface area contributed by atoms with E-state index in [9.17, 15) is 15.3 Å². The second-order valence-electron chi connectivity index (χ2n) is 7.47. The van der Waals surface area contributed by atoms with Gasteiger partial charge in [0, 0.05) is 23.4 Å².